The van der Waals surface area contributed by atoms with E-state index in [1.807, 2.05) is 18.2 Å². The second-order valence-corrected chi connectivity index (χ2v) is 4.47. The molecule has 3 heterocycles. The van der Waals surface area contributed by atoms with Gasteiger partial charge in [-0.2, -0.15) is 4.98 Å². The van der Waals surface area contributed by atoms with Crippen LogP contribution in [0.3, 0.4) is 0 Å². The molecule has 0 spiro atoms. The third kappa shape index (κ3) is 2.05. The van der Waals surface area contributed by atoms with Gasteiger partial charge in [0.2, 0.25) is 5.88 Å². The summed E-state index contributed by atoms with van der Waals surface area (Å²) in [6, 6.07) is 5.20. The predicted octanol–water partition coefficient (Wildman–Crippen LogP) is 2.79. The molecule has 0 atom stereocenters. The molecule has 1 aliphatic rings. The maximum atomic E-state index is 9.39. The number of aromatic nitrogens is 2. The first-order valence-corrected chi connectivity index (χ1v) is 6.05. The minimum atomic E-state index is -0.0517. The lowest BCUT2D eigenvalue weighted by atomic mass is 9.99. The van der Waals surface area contributed by atoms with Crippen LogP contribution in [0.15, 0.2) is 24.3 Å². The smallest absolute Gasteiger partial charge is 0.212 e. The highest BCUT2D eigenvalue weighted by atomic mass is 35.5. The minimum absolute atomic E-state index is 0.0517. The van der Waals surface area contributed by atoms with E-state index in [4.69, 9.17) is 16.3 Å². The number of halogens is 1. The summed E-state index contributed by atoms with van der Waals surface area (Å²) in [5.74, 6) is -0.0517. The Hall–Kier alpha value is -1.65. The fourth-order valence-corrected chi connectivity index (χ4v) is 2.29. The van der Waals surface area contributed by atoms with E-state index in [2.05, 4.69) is 9.97 Å². The van der Waals surface area contributed by atoms with Crippen molar-refractivity contribution < 1.29 is 9.84 Å². The first kappa shape index (κ1) is 11.4. The first-order valence-electron chi connectivity index (χ1n) is 5.67. The van der Waals surface area contributed by atoms with Crippen LogP contribution in [0.5, 0.6) is 5.88 Å². The summed E-state index contributed by atoms with van der Waals surface area (Å²) in [6.45, 7) is 1.32. The van der Waals surface area contributed by atoms with Gasteiger partial charge >= 0.3 is 0 Å². The molecule has 3 rings (SSSR count). The molecule has 2 aromatic heterocycles. The van der Waals surface area contributed by atoms with Gasteiger partial charge in [-0.1, -0.05) is 17.7 Å². The topological polar surface area (TPSA) is 55.2 Å². The number of hydrogen-bond acceptors (Lipinski definition) is 4. The Kier molecular flexibility index (Phi) is 2.89. The molecule has 0 fully saturated rings. The molecule has 0 radical (unpaired) electrons. The zero-order chi connectivity index (χ0) is 12.5. The van der Waals surface area contributed by atoms with E-state index >= 15 is 0 Å². The van der Waals surface area contributed by atoms with Gasteiger partial charge < -0.3 is 9.84 Å². The number of rotatable bonds is 1. The van der Waals surface area contributed by atoms with E-state index < -0.39 is 0 Å². The van der Waals surface area contributed by atoms with Crippen LogP contribution in [0.2, 0.25) is 5.15 Å². The van der Waals surface area contributed by atoms with Crippen molar-refractivity contribution in [2.24, 2.45) is 0 Å². The van der Waals surface area contributed by atoms with Crippen molar-refractivity contribution in [2.75, 3.05) is 13.2 Å². The van der Waals surface area contributed by atoms with Crippen LogP contribution in [-0.2, 0) is 4.74 Å². The molecule has 5 heteroatoms. The van der Waals surface area contributed by atoms with Crippen LogP contribution >= 0.6 is 11.6 Å². The SMILES string of the molecule is Oc1ccc2c(C3=CCOCC3)cc(Cl)nc2n1. The van der Waals surface area contributed by atoms with Crippen molar-refractivity contribution in [2.45, 2.75) is 6.42 Å². The molecule has 2 aromatic rings. The summed E-state index contributed by atoms with van der Waals surface area (Å²) in [5, 5.41) is 10.7. The largest absolute Gasteiger partial charge is 0.493 e. The lowest BCUT2D eigenvalue weighted by molar-refractivity contribution is 0.161. The zero-order valence-electron chi connectivity index (χ0n) is 9.56. The molecule has 0 amide bonds. The normalized spacial score (nSPS) is 15.7. The average molecular weight is 263 g/mol. The van der Waals surface area contributed by atoms with Crippen LogP contribution in [0, 0.1) is 0 Å². The van der Waals surface area contributed by atoms with Gasteiger partial charge in [-0.15, -0.1) is 0 Å². The molecule has 1 aliphatic heterocycles. The standard InChI is InChI=1S/C13H11ClN2O2/c14-11-7-10(8-3-5-18-6-4-8)9-1-2-12(17)16-13(9)15-11/h1-3,7H,4-6H2,(H,15,16,17). The molecule has 18 heavy (non-hydrogen) atoms. The fourth-order valence-electron chi connectivity index (χ4n) is 2.10. The Bertz CT molecular complexity index is 635. The van der Waals surface area contributed by atoms with E-state index in [1.54, 1.807) is 6.07 Å². The maximum absolute atomic E-state index is 9.39. The van der Waals surface area contributed by atoms with Crippen molar-refractivity contribution >= 4 is 28.2 Å². The highest BCUT2D eigenvalue weighted by molar-refractivity contribution is 6.30. The number of nitrogens with zero attached hydrogens (tertiary/aromatic N) is 2. The Labute approximate surface area is 109 Å². The molecular formula is C13H11ClN2O2. The van der Waals surface area contributed by atoms with Crippen molar-refractivity contribution in [3.8, 4) is 5.88 Å². The second-order valence-electron chi connectivity index (χ2n) is 4.09. The quantitative estimate of drug-likeness (QED) is 0.803. The number of ether oxygens (including phenoxy) is 1. The van der Waals surface area contributed by atoms with Crippen LogP contribution in [-0.4, -0.2) is 28.3 Å². The monoisotopic (exact) mass is 262 g/mol. The molecular weight excluding hydrogens is 252 g/mol. The van der Waals surface area contributed by atoms with Gasteiger partial charge in [-0.3, -0.25) is 0 Å². The van der Waals surface area contributed by atoms with E-state index in [1.165, 1.54) is 5.57 Å². The number of aromatic hydroxyl groups is 1. The molecule has 4 nitrogen and oxygen atoms in total. The molecule has 0 saturated heterocycles. The number of pyridine rings is 2. The lowest BCUT2D eigenvalue weighted by Crippen LogP contribution is -2.04. The predicted molar refractivity (Wildman–Crippen MR) is 69.6 cm³/mol. The molecule has 0 bridgehead atoms. The molecule has 0 unspecified atom stereocenters. The average Bonchev–Trinajstić information content (AvgIpc) is 2.38. The van der Waals surface area contributed by atoms with Crippen LogP contribution in [0.1, 0.15) is 12.0 Å². The summed E-state index contributed by atoms with van der Waals surface area (Å²) >= 11 is 6.00. The molecule has 0 saturated carbocycles. The summed E-state index contributed by atoms with van der Waals surface area (Å²) in [6.07, 6.45) is 2.89. The van der Waals surface area contributed by atoms with E-state index in [-0.39, 0.29) is 5.88 Å². The summed E-state index contributed by atoms with van der Waals surface area (Å²) in [5.41, 5.74) is 2.66. The Morgan fingerprint density at radius 1 is 1.28 bits per heavy atom. The van der Waals surface area contributed by atoms with Gasteiger partial charge in [0, 0.05) is 11.5 Å². The number of hydrogen-bond donors (Lipinski definition) is 1. The van der Waals surface area contributed by atoms with Crippen molar-refractivity contribution in [3.63, 3.8) is 0 Å². The van der Waals surface area contributed by atoms with Crippen LogP contribution in [0.4, 0.5) is 0 Å². The summed E-state index contributed by atoms with van der Waals surface area (Å²) < 4.78 is 5.30. The van der Waals surface area contributed by atoms with Gasteiger partial charge in [0.1, 0.15) is 5.15 Å². The molecule has 0 aromatic carbocycles. The van der Waals surface area contributed by atoms with Gasteiger partial charge in [0.15, 0.2) is 5.65 Å². The van der Waals surface area contributed by atoms with E-state index in [9.17, 15) is 5.11 Å². The molecule has 1 N–H and O–H groups in total. The highest BCUT2D eigenvalue weighted by Crippen LogP contribution is 2.30. The fraction of sp³-hybridized carbons (Fsp3) is 0.231. The van der Waals surface area contributed by atoms with E-state index in [0.717, 1.165) is 17.4 Å². The van der Waals surface area contributed by atoms with Crippen molar-refractivity contribution in [1.29, 1.82) is 0 Å². The Morgan fingerprint density at radius 2 is 2.17 bits per heavy atom. The minimum Gasteiger partial charge on any atom is -0.493 e. The van der Waals surface area contributed by atoms with Gasteiger partial charge in [-0.25, -0.2) is 4.98 Å². The maximum Gasteiger partial charge on any atom is 0.212 e. The van der Waals surface area contributed by atoms with E-state index in [0.29, 0.717) is 24.0 Å². The van der Waals surface area contributed by atoms with Crippen molar-refractivity contribution in [3.05, 3.63) is 35.0 Å². The molecule has 92 valence electrons. The lowest BCUT2D eigenvalue weighted by Gasteiger charge is -2.15. The third-order valence-corrected chi connectivity index (χ3v) is 3.13. The number of fused-ring (bicyclic) bond motifs is 1. The Balaban J connectivity index is 2.24. The van der Waals surface area contributed by atoms with Crippen LogP contribution < -0.4 is 0 Å². The van der Waals surface area contributed by atoms with Gasteiger partial charge in [0.25, 0.3) is 0 Å². The first-order chi connectivity index (χ1) is 8.74. The highest BCUT2D eigenvalue weighted by Gasteiger charge is 2.13. The van der Waals surface area contributed by atoms with Crippen molar-refractivity contribution in [1.82, 2.24) is 9.97 Å². The zero-order valence-corrected chi connectivity index (χ0v) is 10.3. The van der Waals surface area contributed by atoms with Gasteiger partial charge in [-0.05, 0) is 29.7 Å². The van der Waals surface area contributed by atoms with Crippen LogP contribution in [0.25, 0.3) is 16.6 Å². The van der Waals surface area contributed by atoms with Gasteiger partial charge in [0.05, 0.1) is 13.2 Å². The summed E-state index contributed by atoms with van der Waals surface area (Å²) in [7, 11) is 0. The third-order valence-electron chi connectivity index (χ3n) is 2.94. The second kappa shape index (κ2) is 4.55. The Morgan fingerprint density at radius 3 is 2.94 bits per heavy atom. The molecule has 0 aliphatic carbocycles. The summed E-state index contributed by atoms with van der Waals surface area (Å²) in [4.78, 5) is 8.12.